The molecule has 2 aliphatic heterocycles. The highest BCUT2D eigenvalue weighted by Gasteiger charge is 2.53. The lowest BCUT2D eigenvalue weighted by molar-refractivity contribution is -0.163. The van der Waals surface area contributed by atoms with Crippen LogP contribution in [-0.2, 0) is 29.2 Å². The van der Waals surface area contributed by atoms with Crippen LogP contribution in [0.4, 0.5) is 0 Å². The fraction of sp³-hybridized carbons (Fsp3) is 0.579. The van der Waals surface area contributed by atoms with E-state index in [1.54, 1.807) is 0 Å². The number of carbonyl (C=O) groups excluding carboxylic acids is 2. The predicted octanol–water partition coefficient (Wildman–Crippen LogP) is 2.17. The van der Waals surface area contributed by atoms with Crippen LogP contribution in [0.15, 0.2) is 30.3 Å². The number of ketones is 1. The molecule has 24 heavy (non-hydrogen) atoms. The predicted molar refractivity (Wildman–Crippen MR) is 85.6 cm³/mol. The van der Waals surface area contributed by atoms with Gasteiger partial charge in [0.1, 0.15) is 17.8 Å². The summed E-state index contributed by atoms with van der Waals surface area (Å²) < 4.78 is 17.1. The van der Waals surface area contributed by atoms with Gasteiger partial charge in [-0.05, 0) is 18.4 Å². The molecule has 0 radical (unpaired) electrons. The molecular formula is C19H22O5. The minimum atomic E-state index is -0.800. The quantitative estimate of drug-likeness (QED) is 0.792. The highest BCUT2D eigenvalue weighted by atomic mass is 16.6. The molecule has 5 nitrogen and oxygen atoms in total. The van der Waals surface area contributed by atoms with Crippen molar-refractivity contribution in [1.29, 1.82) is 0 Å². The Kier molecular flexibility index (Phi) is 3.93. The van der Waals surface area contributed by atoms with E-state index >= 15 is 0 Å². The second-order valence-corrected chi connectivity index (χ2v) is 7.20. The fourth-order valence-electron chi connectivity index (χ4n) is 4.04. The lowest BCUT2D eigenvalue weighted by atomic mass is 9.63. The van der Waals surface area contributed by atoms with E-state index in [1.807, 2.05) is 30.3 Å². The third-order valence-electron chi connectivity index (χ3n) is 5.52. The van der Waals surface area contributed by atoms with E-state index in [0.29, 0.717) is 6.61 Å². The first kappa shape index (κ1) is 15.8. The van der Waals surface area contributed by atoms with E-state index in [-0.39, 0.29) is 42.9 Å². The zero-order valence-corrected chi connectivity index (χ0v) is 13.7. The van der Waals surface area contributed by atoms with Gasteiger partial charge in [-0.3, -0.25) is 9.59 Å². The van der Waals surface area contributed by atoms with Gasteiger partial charge >= 0.3 is 5.97 Å². The molecule has 1 aromatic carbocycles. The maximum atomic E-state index is 12.7. The fourth-order valence-corrected chi connectivity index (χ4v) is 4.04. The van der Waals surface area contributed by atoms with E-state index in [2.05, 4.69) is 0 Å². The normalized spacial score (nSPS) is 31.2. The summed E-state index contributed by atoms with van der Waals surface area (Å²) in [6, 6.07) is 9.46. The summed E-state index contributed by atoms with van der Waals surface area (Å²) in [6.45, 7) is 1.63. The Morgan fingerprint density at radius 3 is 2.67 bits per heavy atom. The molecule has 0 aromatic heterocycles. The average molecular weight is 330 g/mol. The Hall–Kier alpha value is -1.72. The van der Waals surface area contributed by atoms with Crippen LogP contribution in [0.5, 0.6) is 0 Å². The first-order valence-corrected chi connectivity index (χ1v) is 8.62. The number of carbonyl (C=O) groups is 2. The maximum absolute atomic E-state index is 12.7. The third-order valence-corrected chi connectivity index (χ3v) is 5.52. The smallest absolute Gasteiger partial charge is 0.317 e. The number of hydrogen-bond donors (Lipinski definition) is 0. The van der Waals surface area contributed by atoms with Crippen LogP contribution in [0.25, 0.3) is 0 Å². The van der Waals surface area contributed by atoms with E-state index in [9.17, 15) is 9.59 Å². The van der Waals surface area contributed by atoms with Gasteiger partial charge in [-0.25, -0.2) is 0 Å². The molecule has 2 atom stereocenters. The van der Waals surface area contributed by atoms with Crippen molar-refractivity contribution >= 4 is 11.8 Å². The van der Waals surface area contributed by atoms with Crippen LogP contribution < -0.4 is 0 Å². The molecule has 4 rings (SSSR count). The maximum Gasteiger partial charge on any atom is 0.317 e. The summed E-state index contributed by atoms with van der Waals surface area (Å²) >= 11 is 0. The van der Waals surface area contributed by atoms with Crippen LogP contribution >= 0.6 is 0 Å². The van der Waals surface area contributed by atoms with Crippen LogP contribution in [-0.4, -0.2) is 43.3 Å². The van der Waals surface area contributed by atoms with Gasteiger partial charge in [0.15, 0.2) is 0 Å². The molecule has 2 unspecified atom stereocenters. The van der Waals surface area contributed by atoms with Crippen LogP contribution in [0.3, 0.4) is 0 Å². The second-order valence-electron chi connectivity index (χ2n) is 7.20. The zero-order chi connectivity index (χ0) is 16.6. The largest absolute Gasteiger partial charge is 0.462 e. The van der Waals surface area contributed by atoms with Gasteiger partial charge in [0.2, 0.25) is 0 Å². The molecule has 0 amide bonds. The number of Topliss-reactive ketones (excluding diaryl/α,β-unsaturated/α-hetero) is 1. The topological polar surface area (TPSA) is 61.8 Å². The summed E-state index contributed by atoms with van der Waals surface area (Å²) in [7, 11) is 0. The lowest BCUT2D eigenvalue weighted by Crippen LogP contribution is -2.49. The summed E-state index contributed by atoms with van der Waals surface area (Å²) in [6.07, 6.45) is 3.16. The van der Waals surface area contributed by atoms with Crippen molar-refractivity contribution in [2.75, 3.05) is 19.8 Å². The lowest BCUT2D eigenvalue weighted by Gasteiger charge is -2.38. The van der Waals surface area contributed by atoms with E-state index in [0.717, 1.165) is 31.4 Å². The van der Waals surface area contributed by atoms with Gasteiger partial charge in [0.05, 0.1) is 18.3 Å². The molecule has 3 aliphatic rings. The molecule has 0 N–H and O–H groups in total. The van der Waals surface area contributed by atoms with Crippen molar-refractivity contribution in [3.05, 3.63) is 35.9 Å². The Morgan fingerprint density at radius 2 is 2.00 bits per heavy atom. The van der Waals surface area contributed by atoms with Gasteiger partial charge < -0.3 is 14.2 Å². The SMILES string of the molecule is O=C1CC(C(=O)OCC2CCC3(CCOC3)O2)(c2ccccc2)C1. The molecule has 5 heteroatoms. The first-order chi connectivity index (χ1) is 11.6. The van der Waals surface area contributed by atoms with E-state index in [1.165, 1.54) is 0 Å². The Labute approximate surface area is 141 Å². The third kappa shape index (κ3) is 2.66. The van der Waals surface area contributed by atoms with Gasteiger partial charge in [0, 0.05) is 25.9 Å². The first-order valence-electron chi connectivity index (χ1n) is 8.62. The van der Waals surface area contributed by atoms with Crippen molar-refractivity contribution in [2.24, 2.45) is 0 Å². The van der Waals surface area contributed by atoms with Crippen molar-refractivity contribution in [3.63, 3.8) is 0 Å². The minimum absolute atomic E-state index is 0.0701. The van der Waals surface area contributed by atoms with Crippen LogP contribution in [0.1, 0.15) is 37.7 Å². The van der Waals surface area contributed by atoms with E-state index in [4.69, 9.17) is 14.2 Å². The molecule has 2 heterocycles. The van der Waals surface area contributed by atoms with Crippen LogP contribution in [0.2, 0.25) is 0 Å². The summed E-state index contributed by atoms with van der Waals surface area (Å²) in [5.74, 6) is -0.199. The Balaban J connectivity index is 1.39. The van der Waals surface area contributed by atoms with Gasteiger partial charge in [-0.1, -0.05) is 30.3 Å². The molecule has 1 aromatic rings. The highest BCUT2D eigenvalue weighted by molar-refractivity contribution is 6.02. The van der Waals surface area contributed by atoms with Gasteiger partial charge in [-0.15, -0.1) is 0 Å². The average Bonchev–Trinajstić information content (AvgIpc) is 3.20. The van der Waals surface area contributed by atoms with Gasteiger partial charge in [-0.2, -0.15) is 0 Å². The summed E-state index contributed by atoms with van der Waals surface area (Å²) in [4.78, 5) is 24.3. The molecule has 128 valence electrons. The summed E-state index contributed by atoms with van der Waals surface area (Å²) in [5, 5.41) is 0. The number of hydrogen-bond acceptors (Lipinski definition) is 5. The standard InChI is InChI=1S/C19H22O5/c20-15-10-19(11-15,14-4-2-1-3-5-14)17(21)23-12-16-6-7-18(24-16)8-9-22-13-18/h1-5,16H,6-13H2. The molecule has 3 fully saturated rings. The number of esters is 1. The Morgan fingerprint density at radius 1 is 1.21 bits per heavy atom. The Bertz CT molecular complexity index is 624. The molecule has 1 aliphatic carbocycles. The molecule has 0 bridgehead atoms. The van der Waals surface area contributed by atoms with Crippen molar-refractivity contribution in [3.8, 4) is 0 Å². The summed E-state index contributed by atoms with van der Waals surface area (Å²) in [5.41, 5.74) is -0.103. The molecule has 1 spiro atoms. The highest BCUT2D eigenvalue weighted by Crippen LogP contribution is 2.43. The van der Waals surface area contributed by atoms with Crippen molar-refractivity contribution in [2.45, 2.75) is 49.2 Å². The second kappa shape index (κ2) is 5.97. The zero-order valence-electron chi connectivity index (χ0n) is 13.7. The molecular weight excluding hydrogens is 308 g/mol. The number of benzene rings is 1. The molecule has 1 saturated carbocycles. The van der Waals surface area contributed by atoms with E-state index < -0.39 is 5.41 Å². The monoisotopic (exact) mass is 330 g/mol. The molecule has 2 saturated heterocycles. The van der Waals surface area contributed by atoms with Crippen molar-refractivity contribution in [1.82, 2.24) is 0 Å². The minimum Gasteiger partial charge on any atom is -0.462 e. The van der Waals surface area contributed by atoms with Crippen LogP contribution in [0, 0.1) is 0 Å². The number of rotatable bonds is 4. The van der Waals surface area contributed by atoms with Crippen molar-refractivity contribution < 1.29 is 23.8 Å². The van der Waals surface area contributed by atoms with Gasteiger partial charge in [0.25, 0.3) is 0 Å². The number of ether oxygens (including phenoxy) is 3.